The number of hydrogen-bond donors (Lipinski definition) is 1. The number of nitrogens with zero attached hydrogens (tertiary/aromatic N) is 4. The lowest BCUT2D eigenvalue weighted by Gasteiger charge is -2.12. The van der Waals surface area contributed by atoms with E-state index < -0.39 is 0 Å². The van der Waals surface area contributed by atoms with Gasteiger partial charge in [0, 0.05) is 13.2 Å². The molecule has 0 aliphatic rings. The Kier molecular flexibility index (Phi) is 5.43. The van der Waals surface area contributed by atoms with Gasteiger partial charge >= 0.3 is 0 Å². The van der Waals surface area contributed by atoms with Crippen LogP contribution in [0.2, 0.25) is 0 Å². The molecule has 0 saturated carbocycles. The fourth-order valence-electron chi connectivity index (χ4n) is 3.69. The van der Waals surface area contributed by atoms with Crippen molar-refractivity contribution >= 4 is 22.6 Å². The summed E-state index contributed by atoms with van der Waals surface area (Å²) in [7, 11) is 3.39. The maximum atomic E-state index is 13.5. The molecule has 0 spiro atoms. The van der Waals surface area contributed by atoms with Crippen molar-refractivity contribution in [1.29, 1.82) is 0 Å². The molecule has 5 aromatic rings. The third-order valence-corrected chi connectivity index (χ3v) is 5.28. The number of nitrogens with one attached hydrogen (secondary N) is 1. The number of aryl methyl sites for hydroxylation is 2. The number of benzene rings is 1. The highest BCUT2D eigenvalue weighted by Gasteiger charge is 2.21. The Morgan fingerprint density at radius 1 is 1.09 bits per heavy atom. The van der Waals surface area contributed by atoms with E-state index in [2.05, 4.69) is 20.4 Å². The number of carbonyl (C=O) groups excluding carboxylic acids is 1. The normalized spacial score (nSPS) is 10.9. The number of anilines is 1. The van der Waals surface area contributed by atoms with Gasteiger partial charge in [0.15, 0.2) is 11.4 Å². The number of ether oxygens (including phenoxy) is 2. The molecule has 0 fully saturated rings. The largest absolute Gasteiger partial charge is 0.497 e. The summed E-state index contributed by atoms with van der Waals surface area (Å²) in [5.41, 5.74) is 2.65. The van der Waals surface area contributed by atoms with Crippen molar-refractivity contribution in [3.05, 3.63) is 78.3 Å². The van der Waals surface area contributed by atoms with Crippen molar-refractivity contribution in [1.82, 2.24) is 19.7 Å². The Morgan fingerprint density at radius 3 is 2.62 bits per heavy atom. The highest BCUT2D eigenvalue weighted by molar-refractivity contribution is 6.13. The fourth-order valence-corrected chi connectivity index (χ4v) is 3.69. The zero-order valence-electron chi connectivity index (χ0n) is 18.8. The van der Waals surface area contributed by atoms with Crippen molar-refractivity contribution in [2.75, 3.05) is 12.4 Å². The second-order valence-corrected chi connectivity index (χ2v) is 7.53. The first-order valence-corrected chi connectivity index (χ1v) is 10.5. The third-order valence-electron chi connectivity index (χ3n) is 5.28. The first kappa shape index (κ1) is 21.2. The minimum absolute atomic E-state index is 0.264. The molecule has 0 saturated heterocycles. The summed E-state index contributed by atoms with van der Waals surface area (Å²) in [6.07, 6.45) is 3.16. The van der Waals surface area contributed by atoms with E-state index in [9.17, 15) is 4.79 Å². The van der Waals surface area contributed by atoms with Crippen molar-refractivity contribution < 1.29 is 18.7 Å². The Morgan fingerprint density at radius 2 is 1.88 bits per heavy atom. The van der Waals surface area contributed by atoms with E-state index in [1.54, 1.807) is 85.9 Å². The molecular weight excluding hydrogens is 434 g/mol. The maximum absolute atomic E-state index is 13.5. The highest BCUT2D eigenvalue weighted by Crippen LogP contribution is 2.31. The van der Waals surface area contributed by atoms with Crippen LogP contribution in [0.3, 0.4) is 0 Å². The third kappa shape index (κ3) is 3.95. The van der Waals surface area contributed by atoms with Crippen LogP contribution in [0.25, 0.3) is 22.5 Å². The van der Waals surface area contributed by atoms with Crippen LogP contribution < -0.4 is 14.8 Å². The van der Waals surface area contributed by atoms with Gasteiger partial charge in [-0.15, -0.1) is 0 Å². The summed E-state index contributed by atoms with van der Waals surface area (Å²) in [5.74, 6) is 1.75. The summed E-state index contributed by atoms with van der Waals surface area (Å²) >= 11 is 0. The number of pyridine rings is 2. The van der Waals surface area contributed by atoms with Crippen LogP contribution in [0.4, 0.5) is 5.69 Å². The second-order valence-electron chi connectivity index (χ2n) is 7.53. The van der Waals surface area contributed by atoms with E-state index in [0.29, 0.717) is 50.9 Å². The Labute approximate surface area is 195 Å². The van der Waals surface area contributed by atoms with Gasteiger partial charge in [0.2, 0.25) is 5.88 Å². The number of amides is 1. The molecule has 1 amide bonds. The van der Waals surface area contributed by atoms with Gasteiger partial charge in [-0.3, -0.25) is 9.48 Å². The minimum atomic E-state index is -0.344. The molecule has 5 rings (SSSR count). The maximum Gasteiger partial charge on any atom is 0.256 e. The van der Waals surface area contributed by atoms with Crippen LogP contribution in [-0.2, 0) is 7.05 Å². The zero-order chi connectivity index (χ0) is 23.7. The molecule has 0 aliphatic heterocycles. The van der Waals surface area contributed by atoms with Crippen molar-refractivity contribution in [3.8, 4) is 28.8 Å². The van der Waals surface area contributed by atoms with E-state index in [1.165, 1.54) is 0 Å². The molecule has 4 aromatic heterocycles. The molecule has 34 heavy (non-hydrogen) atoms. The molecule has 4 heterocycles. The van der Waals surface area contributed by atoms with E-state index >= 15 is 0 Å². The molecule has 0 atom stereocenters. The number of aromatic nitrogens is 4. The lowest BCUT2D eigenvalue weighted by atomic mass is 10.1. The van der Waals surface area contributed by atoms with Gasteiger partial charge in [0.05, 0.1) is 30.0 Å². The van der Waals surface area contributed by atoms with E-state index in [-0.39, 0.29) is 11.8 Å². The summed E-state index contributed by atoms with van der Waals surface area (Å²) in [5, 5.41) is 8.03. The van der Waals surface area contributed by atoms with Gasteiger partial charge in [0.25, 0.3) is 5.91 Å². The molecule has 9 nitrogen and oxygen atoms in total. The summed E-state index contributed by atoms with van der Waals surface area (Å²) in [6.45, 7) is 1.84. The predicted octanol–water partition coefficient (Wildman–Crippen LogP) is 4.98. The van der Waals surface area contributed by atoms with E-state index in [4.69, 9.17) is 13.9 Å². The number of furan rings is 1. The monoisotopic (exact) mass is 455 g/mol. The smallest absolute Gasteiger partial charge is 0.256 e. The summed E-state index contributed by atoms with van der Waals surface area (Å²) in [6, 6.07) is 15.8. The molecule has 0 bridgehead atoms. The van der Waals surface area contributed by atoms with Crippen molar-refractivity contribution in [2.24, 2.45) is 7.05 Å². The topological polar surface area (TPSA) is 104 Å². The molecule has 1 aromatic carbocycles. The Bertz CT molecular complexity index is 1470. The van der Waals surface area contributed by atoms with Crippen LogP contribution >= 0.6 is 0 Å². The van der Waals surface area contributed by atoms with Gasteiger partial charge in [0.1, 0.15) is 22.9 Å². The molecule has 9 heteroatoms. The lowest BCUT2D eigenvalue weighted by molar-refractivity contribution is 0.102. The van der Waals surface area contributed by atoms with Crippen molar-refractivity contribution in [3.63, 3.8) is 0 Å². The second kappa shape index (κ2) is 8.70. The summed E-state index contributed by atoms with van der Waals surface area (Å²) < 4.78 is 18.3. The van der Waals surface area contributed by atoms with Crippen LogP contribution in [0.1, 0.15) is 16.1 Å². The predicted molar refractivity (Wildman–Crippen MR) is 126 cm³/mol. The molecule has 0 unspecified atom stereocenters. The van der Waals surface area contributed by atoms with Crippen LogP contribution in [-0.4, -0.2) is 32.8 Å². The van der Waals surface area contributed by atoms with Gasteiger partial charge < -0.3 is 19.2 Å². The lowest BCUT2D eigenvalue weighted by Crippen LogP contribution is -2.14. The number of hydrogen-bond acceptors (Lipinski definition) is 7. The number of carbonyl (C=O) groups is 1. The Balaban J connectivity index is 1.51. The SMILES string of the molecule is COc1ccc(Oc2ncccc2NC(=O)c2cc(-c3ccco3)nc3c2c(C)nn3C)cc1. The van der Waals surface area contributed by atoms with Gasteiger partial charge in [-0.1, -0.05) is 0 Å². The van der Waals surface area contributed by atoms with E-state index in [0.717, 1.165) is 0 Å². The minimum Gasteiger partial charge on any atom is -0.497 e. The Hall–Kier alpha value is -4.66. The van der Waals surface area contributed by atoms with Gasteiger partial charge in [-0.05, 0) is 61.5 Å². The fraction of sp³-hybridized carbons (Fsp3) is 0.120. The standard InChI is InChI=1S/C25H21N5O4/c1-15-22-18(14-20(21-7-5-13-33-21)27-23(22)30(2)29-15)24(31)28-19-6-4-12-26-25(19)34-17-10-8-16(32-3)9-11-17/h4-14H,1-3H3,(H,28,31). The average molecular weight is 455 g/mol. The van der Waals surface area contributed by atoms with Crippen molar-refractivity contribution in [2.45, 2.75) is 6.92 Å². The molecule has 1 N–H and O–H groups in total. The molecule has 170 valence electrons. The quantitative estimate of drug-likeness (QED) is 0.385. The molecular formula is C25H21N5O4. The van der Waals surface area contributed by atoms with Gasteiger partial charge in [-0.25, -0.2) is 9.97 Å². The molecule has 0 aliphatic carbocycles. The number of fused-ring (bicyclic) bond motifs is 1. The van der Waals surface area contributed by atoms with Crippen LogP contribution in [0, 0.1) is 6.92 Å². The number of methoxy groups -OCH3 is 1. The molecule has 0 radical (unpaired) electrons. The summed E-state index contributed by atoms with van der Waals surface area (Å²) in [4.78, 5) is 22.4. The van der Waals surface area contributed by atoms with E-state index in [1.807, 2.05) is 6.92 Å². The first-order chi connectivity index (χ1) is 16.5. The average Bonchev–Trinajstić information content (AvgIpc) is 3.49. The van der Waals surface area contributed by atoms with Crippen LogP contribution in [0.5, 0.6) is 17.4 Å². The zero-order valence-corrected chi connectivity index (χ0v) is 18.8. The number of rotatable bonds is 6. The van der Waals surface area contributed by atoms with Gasteiger partial charge in [-0.2, -0.15) is 5.10 Å². The van der Waals surface area contributed by atoms with Crippen LogP contribution in [0.15, 0.2) is 71.5 Å². The first-order valence-electron chi connectivity index (χ1n) is 10.5. The highest BCUT2D eigenvalue weighted by atomic mass is 16.5.